The standard InChI is InChI=1S/C22H26N4O2/c27-21(24-9-4-7-16-5-2-1-3-6-16)18-11-20(12-18)25-22(28)26-14-17-8-10-23-13-19(17)15-26/h1-3,5-6,8,10,13-14,18,20,23H,4,7,9,11-12,15H2,(H,24,27)(H,25,28). The summed E-state index contributed by atoms with van der Waals surface area (Å²) in [6.07, 6.45) is 10.9. The van der Waals surface area contributed by atoms with Gasteiger partial charge in [-0.25, -0.2) is 4.79 Å². The molecule has 3 N–H and O–H groups in total. The Kier molecular flexibility index (Phi) is 5.46. The molecule has 1 aromatic carbocycles. The number of amides is 3. The minimum absolute atomic E-state index is 0.0105. The molecule has 0 saturated heterocycles. The summed E-state index contributed by atoms with van der Waals surface area (Å²) in [6, 6.07) is 10.3. The van der Waals surface area contributed by atoms with E-state index in [0.717, 1.165) is 24.0 Å². The van der Waals surface area contributed by atoms with E-state index in [1.807, 2.05) is 42.9 Å². The van der Waals surface area contributed by atoms with Crippen molar-refractivity contribution in [2.75, 3.05) is 13.1 Å². The highest BCUT2D eigenvalue weighted by atomic mass is 16.2. The number of carbonyl (C=O) groups excluding carboxylic acids is 2. The number of dihydropyridines is 1. The van der Waals surface area contributed by atoms with Crippen LogP contribution in [0.4, 0.5) is 4.79 Å². The zero-order valence-corrected chi connectivity index (χ0v) is 15.9. The first-order valence-electron chi connectivity index (χ1n) is 9.91. The maximum absolute atomic E-state index is 12.4. The van der Waals surface area contributed by atoms with Gasteiger partial charge in [0.1, 0.15) is 0 Å². The number of nitrogens with one attached hydrogen (secondary N) is 3. The van der Waals surface area contributed by atoms with Gasteiger partial charge in [-0.2, -0.15) is 0 Å². The zero-order chi connectivity index (χ0) is 19.3. The summed E-state index contributed by atoms with van der Waals surface area (Å²) in [5.74, 6) is 0.116. The predicted molar refractivity (Wildman–Crippen MR) is 108 cm³/mol. The smallest absolute Gasteiger partial charge is 0.321 e. The van der Waals surface area contributed by atoms with Crippen molar-refractivity contribution in [3.63, 3.8) is 0 Å². The molecule has 1 fully saturated rings. The third kappa shape index (κ3) is 4.27. The van der Waals surface area contributed by atoms with Gasteiger partial charge in [0.25, 0.3) is 0 Å². The molecule has 0 spiro atoms. The second-order valence-corrected chi connectivity index (χ2v) is 7.58. The number of aryl methyl sites for hydroxylation is 1. The molecule has 0 radical (unpaired) electrons. The minimum atomic E-state index is -0.0945. The van der Waals surface area contributed by atoms with Gasteiger partial charge in [0, 0.05) is 37.1 Å². The Balaban J connectivity index is 1.13. The molecule has 6 heteroatoms. The summed E-state index contributed by atoms with van der Waals surface area (Å²) in [4.78, 5) is 26.3. The molecule has 0 bridgehead atoms. The number of urea groups is 1. The molecule has 2 heterocycles. The number of allylic oxidation sites excluding steroid dienone is 1. The summed E-state index contributed by atoms with van der Waals surface area (Å²) in [5.41, 5.74) is 3.47. The van der Waals surface area contributed by atoms with Crippen LogP contribution in [0.5, 0.6) is 0 Å². The molecule has 28 heavy (non-hydrogen) atoms. The van der Waals surface area contributed by atoms with Crippen molar-refractivity contribution in [3.8, 4) is 0 Å². The molecule has 1 aromatic rings. The topological polar surface area (TPSA) is 73.5 Å². The second-order valence-electron chi connectivity index (χ2n) is 7.58. The summed E-state index contributed by atoms with van der Waals surface area (Å²) in [6.45, 7) is 1.27. The molecule has 1 saturated carbocycles. The molecular weight excluding hydrogens is 352 g/mol. The molecule has 4 rings (SSSR count). The van der Waals surface area contributed by atoms with Gasteiger partial charge in [-0.05, 0) is 48.5 Å². The summed E-state index contributed by atoms with van der Waals surface area (Å²) < 4.78 is 0. The van der Waals surface area contributed by atoms with Crippen molar-refractivity contribution in [1.82, 2.24) is 20.9 Å². The number of hydrogen-bond acceptors (Lipinski definition) is 3. The van der Waals surface area contributed by atoms with Crippen molar-refractivity contribution in [2.24, 2.45) is 5.92 Å². The summed E-state index contributed by atoms with van der Waals surface area (Å²) in [7, 11) is 0. The van der Waals surface area contributed by atoms with E-state index in [9.17, 15) is 9.59 Å². The van der Waals surface area contributed by atoms with Gasteiger partial charge in [-0.15, -0.1) is 0 Å². The van der Waals surface area contributed by atoms with Crippen LogP contribution in [0.1, 0.15) is 24.8 Å². The number of nitrogens with zero attached hydrogens (tertiary/aromatic N) is 1. The number of benzene rings is 1. The molecule has 0 atom stereocenters. The van der Waals surface area contributed by atoms with Gasteiger partial charge >= 0.3 is 6.03 Å². The third-order valence-corrected chi connectivity index (χ3v) is 5.50. The fourth-order valence-electron chi connectivity index (χ4n) is 3.77. The van der Waals surface area contributed by atoms with E-state index < -0.39 is 0 Å². The number of fused-ring (bicyclic) bond motifs is 1. The average molecular weight is 378 g/mol. The Hall–Kier alpha value is -3.02. The minimum Gasteiger partial charge on any atom is -0.367 e. The first-order chi connectivity index (χ1) is 13.7. The van der Waals surface area contributed by atoms with Crippen LogP contribution >= 0.6 is 0 Å². The van der Waals surface area contributed by atoms with E-state index in [-0.39, 0.29) is 23.9 Å². The van der Waals surface area contributed by atoms with E-state index in [0.29, 0.717) is 25.9 Å². The Bertz CT molecular complexity index is 822. The van der Waals surface area contributed by atoms with E-state index >= 15 is 0 Å². The molecule has 1 aliphatic carbocycles. The Morgan fingerprint density at radius 3 is 2.79 bits per heavy atom. The fourth-order valence-corrected chi connectivity index (χ4v) is 3.77. The normalized spacial score (nSPS) is 22.4. The SMILES string of the molecule is O=C(NCCCc1ccccc1)C1CC(NC(=O)N2C=C3C=CNC=C3C2)C1. The summed E-state index contributed by atoms with van der Waals surface area (Å²) >= 11 is 0. The molecule has 3 amide bonds. The van der Waals surface area contributed by atoms with Crippen LogP contribution in [0.2, 0.25) is 0 Å². The van der Waals surface area contributed by atoms with Crippen LogP contribution in [0.3, 0.4) is 0 Å². The van der Waals surface area contributed by atoms with Crippen molar-refractivity contribution in [3.05, 3.63) is 71.7 Å². The van der Waals surface area contributed by atoms with Crippen molar-refractivity contribution < 1.29 is 9.59 Å². The summed E-state index contributed by atoms with van der Waals surface area (Å²) in [5, 5.41) is 9.10. The van der Waals surface area contributed by atoms with E-state index in [1.54, 1.807) is 4.90 Å². The Morgan fingerprint density at radius 2 is 2.00 bits per heavy atom. The highest BCUT2D eigenvalue weighted by Crippen LogP contribution is 2.29. The van der Waals surface area contributed by atoms with Crippen LogP contribution in [0.15, 0.2) is 66.2 Å². The number of rotatable bonds is 6. The van der Waals surface area contributed by atoms with Crippen molar-refractivity contribution in [2.45, 2.75) is 31.7 Å². The largest absolute Gasteiger partial charge is 0.367 e. The van der Waals surface area contributed by atoms with Crippen molar-refractivity contribution in [1.29, 1.82) is 0 Å². The average Bonchev–Trinajstić information content (AvgIpc) is 3.12. The molecule has 6 nitrogen and oxygen atoms in total. The zero-order valence-electron chi connectivity index (χ0n) is 15.9. The lowest BCUT2D eigenvalue weighted by molar-refractivity contribution is -0.128. The monoisotopic (exact) mass is 378 g/mol. The number of carbonyl (C=O) groups is 2. The van der Waals surface area contributed by atoms with Crippen LogP contribution in [0.25, 0.3) is 0 Å². The van der Waals surface area contributed by atoms with Crippen LogP contribution in [-0.2, 0) is 11.2 Å². The van der Waals surface area contributed by atoms with Crippen LogP contribution in [-0.4, -0.2) is 36.0 Å². The maximum atomic E-state index is 12.4. The van der Waals surface area contributed by atoms with Gasteiger partial charge in [-0.3, -0.25) is 9.69 Å². The maximum Gasteiger partial charge on any atom is 0.321 e. The predicted octanol–water partition coefficient (Wildman–Crippen LogP) is 2.42. The molecule has 3 aliphatic rings. The molecule has 146 valence electrons. The lowest BCUT2D eigenvalue weighted by atomic mass is 9.79. The molecule has 0 aromatic heterocycles. The fraction of sp³-hybridized carbons (Fsp3) is 0.364. The van der Waals surface area contributed by atoms with Gasteiger partial charge in [-0.1, -0.05) is 30.3 Å². The number of hydrogen-bond donors (Lipinski definition) is 3. The van der Waals surface area contributed by atoms with Crippen LogP contribution in [0, 0.1) is 5.92 Å². The van der Waals surface area contributed by atoms with E-state index in [2.05, 4.69) is 28.1 Å². The second kappa shape index (κ2) is 8.33. The van der Waals surface area contributed by atoms with Crippen LogP contribution < -0.4 is 16.0 Å². The highest BCUT2D eigenvalue weighted by Gasteiger charge is 2.36. The highest BCUT2D eigenvalue weighted by molar-refractivity contribution is 5.81. The van der Waals surface area contributed by atoms with Crippen molar-refractivity contribution >= 4 is 11.9 Å². The molecule has 0 unspecified atom stereocenters. The van der Waals surface area contributed by atoms with Gasteiger partial charge < -0.3 is 16.0 Å². The quantitative estimate of drug-likeness (QED) is 0.666. The van der Waals surface area contributed by atoms with Gasteiger partial charge in [0.2, 0.25) is 5.91 Å². The Labute approximate surface area is 165 Å². The molecular formula is C22H26N4O2. The van der Waals surface area contributed by atoms with E-state index in [4.69, 9.17) is 0 Å². The van der Waals surface area contributed by atoms with Gasteiger partial charge in [0.15, 0.2) is 0 Å². The lowest BCUT2D eigenvalue weighted by Gasteiger charge is -2.35. The first-order valence-corrected chi connectivity index (χ1v) is 9.91. The van der Waals surface area contributed by atoms with E-state index in [1.165, 1.54) is 5.56 Å². The van der Waals surface area contributed by atoms with Gasteiger partial charge in [0.05, 0.1) is 6.54 Å². The first kappa shape index (κ1) is 18.3. The lowest BCUT2D eigenvalue weighted by Crippen LogP contribution is -2.51. The third-order valence-electron chi connectivity index (χ3n) is 5.50. The Morgan fingerprint density at radius 1 is 1.18 bits per heavy atom. The molecule has 2 aliphatic heterocycles.